The van der Waals surface area contributed by atoms with Gasteiger partial charge in [-0.1, -0.05) is 46.5 Å². The fourth-order valence-corrected chi connectivity index (χ4v) is 1.98. The van der Waals surface area contributed by atoms with Crippen molar-refractivity contribution in [3.05, 3.63) is 5.82 Å². The van der Waals surface area contributed by atoms with E-state index < -0.39 is 0 Å². The molecule has 21 heavy (non-hydrogen) atoms. The molecule has 1 rings (SSSR count). The lowest BCUT2D eigenvalue weighted by Gasteiger charge is -2.10. The number of aromatic nitrogens is 3. The Morgan fingerprint density at radius 1 is 0.667 bits per heavy atom. The lowest BCUT2D eigenvalue weighted by atomic mass is 10.2. The van der Waals surface area contributed by atoms with Crippen molar-refractivity contribution in [2.75, 3.05) is 23.7 Å². The summed E-state index contributed by atoms with van der Waals surface area (Å²) in [5.74, 6) is 2.32. The number of hydrogen-bond acceptors (Lipinski definition) is 5. The van der Waals surface area contributed by atoms with E-state index in [0.717, 1.165) is 44.6 Å². The number of aryl methyl sites for hydroxylation is 1. The predicted octanol–water partition coefficient (Wildman–Crippen LogP) is 4.03. The van der Waals surface area contributed by atoms with Crippen molar-refractivity contribution < 1.29 is 0 Å². The second-order valence-corrected chi connectivity index (χ2v) is 5.42. The fraction of sp³-hybridized carbons (Fsp3) is 0.812. The standard InChI is InChI=1S/C16H31N5/c1-4-7-10-11-14-19-15(17-12-8-5-2)21-16(20-14)18-13-9-6-3/h4-13H2,1-3H3,(H2,17,18,19,20,21). The van der Waals surface area contributed by atoms with Crippen LogP contribution in [0, 0.1) is 0 Å². The molecule has 0 saturated heterocycles. The third-order valence-corrected chi connectivity index (χ3v) is 3.31. The van der Waals surface area contributed by atoms with E-state index in [1.165, 1.54) is 25.7 Å². The van der Waals surface area contributed by atoms with Crippen LogP contribution in [-0.4, -0.2) is 28.0 Å². The van der Waals surface area contributed by atoms with Crippen LogP contribution in [0.2, 0.25) is 0 Å². The molecule has 0 aliphatic heterocycles. The fourth-order valence-electron chi connectivity index (χ4n) is 1.98. The monoisotopic (exact) mass is 293 g/mol. The van der Waals surface area contributed by atoms with E-state index in [9.17, 15) is 0 Å². The summed E-state index contributed by atoms with van der Waals surface area (Å²) < 4.78 is 0. The van der Waals surface area contributed by atoms with Crippen molar-refractivity contribution in [3.8, 4) is 0 Å². The topological polar surface area (TPSA) is 62.7 Å². The quantitative estimate of drug-likeness (QED) is 0.570. The van der Waals surface area contributed by atoms with E-state index in [4.69, 9.17) is 0 Å². The molecule has 0 bridgehead atoms. The SMILES string of the molecule is CCCCCc1nc(NCCCC)nc(NCCCC)n1. The molecule has 0 atom stereocenters. The van der Waals surface area contributed by atoms with Gasteiger partial charge in [0.1, 0.15) is 5.82 Å². The van der Waals surface area contributed by atoms with Gasteiger partial charge in [0.25, 0.3) is 0 Å². The van der Waals surface area contributed by atoms with Crippen LogP contribution >= 0.6 is 0 Å². The zero-order valence-electron chi connectivity index (χ0n) is 13.9. The Bertz CT molecular complexity index is 311. The minimum absolute atomic E-state index is 0.712. The lowest BCUT2D eigenvalue weighted by Crippen LogP contribution is -2.13. The summed E-state index contributed by atoms with van der Waals surface area (Å²) in [4.78, 5) is 13.5. The van der Waals surface area contributed by atoms with Gasteiger partial charge in [-0.05, 0) is 19.3 Å². The molecule has 0 saturated carbocycles. The predicted molar refractivity (Wildman–Crippen MR) is 89.9 cm³/mol. The summed E-state index contributed by atoms with van der Waals surface area (Å²) in [7, 11) is 0. The van der Waals surface area contributed by atoms with E-state index in [1.807, 2.05) is 0 Å². The number of rotatable bonds is 12. The van der Waals surface area contributed by atoms with E-state index in [1.54, 1.807) is 0 Å². The highest BCUT2D eigenvalue weighted by Crippen LogP contribution is 2.09. The van der Waals surface area contributed by atoms with Crippen LogP contribution in [0.3, 0.4) is 0 Å². The number of anilines is 2. The molecule has 0 aliphatic rings. The molecule has 5 nitrogen and oxygen atoms in total. The molecule has 0 aromatic carbocycles. The second kappa shape index (κ2) is 11.3. The Hall–Kier alpha value is -1.39. The molecule has 1 heterocycles. The molecular weight excluding hydrogens is 262 g/mol. The first-order valence-electron chi connectivity index (χ1n) is 8.52. The molecule has 0 amide bonds. The summed E-state index contributed by atoms with van der Waals surface area (Å²) in [5.41, 5.74) is 0. The van der Waals surface area contributed by atoms with Crippen molar-refractivity contribution in [1.82, 2.24) is 15.0 Å². The van der Waals surface area contributed by atoms with Crippen molar-refractivity contribution in [1.29, 1.82) is 0 Å². The Labute approximate surface area is 129 Å². The van der Waals surface area contributed by atoms with Gasteiger partial charge in [0.2, 0.25) is 11.9 Å². The van der Waals surface area contributed by atoms with E-state index in [-0.39, 0.29) is 0 Å². The minimum atomic E-state index is 0.712. The number of nitrogens with one attached hydrogen (secondary N) is 2. The molecule has 120 valence electrons. The van der Waals surface area contributed by atoms with Gasteiger partial charge in [-0.3, -0.25) is 0 Å². The molecule has 1 aromatic heterocycles. The maximum absolute atomic E-state index is 4.53. The van der Waals surface area contributed by atoms with Gasteiger partial charge >= 0.3 is 0 Å². The molecule has 0 unspecified atom stereocenters. The van der Waals surface area contributed by atoms with Gasteiger partial charge in [-0.25, -0.2) is 0 Å². The molecule has 0 radical (unpaired) electrons. The van der Waals surface area contributed by atoms with Crippen molar-refractivity contribution in [2.45, 2.75) is 72.1 Å². The maximum Gasteiger partial charge on any atom is 0.227 e. The summed E-state index contributed by atoms with van der Waals surface area (Å²) in [6.45, 7) is 8.42. The highest BCUT2D eigenvalue weighted by atomic mass is 15.2. The zero-order chi connectivity index (χ0) is 15.3. The van der Waals surface area contributed by atoms with E-state index >= 15 is 0 Å². The normalized spacial score (nSPS) is 10.6. The lowest BCUT2D eigenvalue weighted by molar-refractivity contribution is 0.689. The molecule has 2 N–H and O–H groups in total. The number of hydrogen-bond donors (Lipinski definition) is 2. The van der Waals surface area contributed by atoms with Gasteiger partial charge in [-0.15, -0.1) is 0 Å². The van der Waals surface area contributed by atoms with Gasteiger partial charge in [0.15, 0.2) is 0 Å². The number of unbranched alkanes of at least 4 members (excludes halogenated alkanes) is 4. The van der Waals surface area contributed by atoms with Gasteiger partial charge in [0.05, 0.1) is 0 Å². The third kappa shape index (κ3) is 7.83. The molecule has 0 fully saturated rings. The number of nitrogens with zero attached hydrogens (tertiary/aromatic N) is 3. The molecular formula is C16H31N5. The minimum Gasteiger partial charge on any atom is -0.354 e. The van der Waals surface area contributed by atoms with Crippen LogP contribution in [0.4, 0.5) is 11.9 Å². The molecule has 1 aromatic rings. The first-order chi connectivity index (χ1) is 10.3. The van der Waals surface area contributed by atoms with Crippen LogP contribution in [0.1, 0.15) is 71.5 Å². The highest BCUT2D eigenvalue weighted by Gasteiger charge is 2.06. The van der Waals surface area contributed by atoms with E-state index in [0.29, 0.717) is 11.9 Å². The first kappa shape index (κ1) is 17.7. The maximum atomic E-state index is 4.53. The van der Waals surface area contributed by atoms with Crippen LogP contribution in [0.25, 0.3) is 0 Å². The smallest absolute Gasteiger partial charge is 0.227 e. The van der Waals surface area contributed by atoms with Gasteiger partial charge < -0.3 is 10.6 Å². The molecule has 0 aliphatic carbocycles. The molecule has 0 spiro atoms. The summed E-state index contributed by atoms with van der Waals surface area (Å²) in [6, 6.07) is 0. The molecule has 5 heteroatoms. The third-order valence-electron chi connectivity index (χ3n) is 3.31. The first-order valence-corrected chi connectivity index (χ1v) is 8.52. The van der Waals surface area contributed by atoms with Crippen molar-refractivity contribution in [2.24, 2.45) is 0 Å². The van der Waals surface area contributed by atoms with Gasteiger partial charge in [0, 0.05) is 19.5 Å². The Kier molecular flexibility index (Phi) is 9.49. The second-order valence-electron chi connectivity index (χ2n) is 5.42. The average molecular weight is 293 g/mol. The van der Waals surface area contributed by atoms with Crippen LogP contribution in [-0.2, 0) is 6.42 Å². The van der Waals surface area contributed by atoms with Crippen LogP contribution < -0.4 is 10.6 Å². The Morgan fingerprint density at radius 3 is 1.67 bits per heavy atom. The summed E-state index contributed by atoms with van der Waals surface area (Å²) >= 11 is 0. The Balaban J connectivity index is 2.65. The van der Waals surface area contributed by atoms with Crippen molar-refractivity contribution >= 4 is 11.9 Å². The summed E-state index contributed by atoms with van der Waals surface area (Å²) in [6.07, 6.45) is 9.12. The highest BCUT2D eigenvalue weighted by molar-refractivity contribution is 5.34. The van der Waals surface area contributed by atoms with E-state index in [2.05, 4.69) is 46.4 Å². The van der Waals surface area contributed by atoms with Crippen LogP contribution in [0.5, 0.6) is 0 Å². The largest absolute Gasteiger partial charge is 0.354 e. The average Bonchev–Trinajstić information content (AvgIpc) is 2.48. The van der Waals surface area contributed by atoms with Crippen molar-refractivity contribution in [3.63, 3.8) is 0 Å². The summed E-state index contributed by atoms with van der Waals surface area (Å²) in [5, 5.41) is 6.61. The Morgan fingerprint density at radius 2 is 1.19 bits per heavy atom. The van der Waals surface area contributed by atoms with Gasteiger partial charge in [-0.2, -0.15) is 15.0 Å². The van der Waals surface area contributed by atoms with Crippen LogP contribution in [0.15, 0.2) is 0 Å². The zero-order valence-corrected chi connectivity index (χ0v) is 13.9.